The van der Waals surface area contributed by atoms with Gasteiger partial charge in [0.15, 0.2) is 0 Å². The smallest absolute Gasteiger partial charge is 0.309 e. The lowest BCUT2D eigenvalue weighted by atomic mass is 9.49. The van der Waals surface area contributed by atoms with Gasteiger partial charge < -0.3 is 4.52 Å². The van der Waals surface area contributed by atoms with Gasteiger partial charge in [-0.3, -0.25) is 9.09 Å². The van der Waals surface area contributed by atoms with E-state index in [2.05, 4.69) is 13.8 Å². The fraction of sp³-hybridized carbons (Fsp3) is 0.857. The number of hydrogen-bond donors (Lipinski definition) is 0. The van der Waals surface area contributed by atoms with Crippen LogP contribution in [0.1, 0.15) is 39.5 Å². The van der Waals surface area contributed by atoms with E-state index >= 15 is 0 Å². The van der Waals surface area contributed by atoms with Crippen LogP contribution in [0.5, 0.6) is 0 Å². The van der Waals surface area contributed by atoms with Gasteiger partial charge >= 0.3 is 7.60 Å². The first-order valence-electron chi connectivity index (χ1n) is 7.09. The summed E-state index contributed by atoms with van der Waals surface area (Å²) in [6.07, 6.45) is 5.13. The first-order chi connectivity index (χ1) is 8.48. The summed E-state index contributed by atoms with van der Waals surface area (Å²) >= 11 is 0. The molecular formula is C14H21O3P. The molecular weight excluding hydrogens is 247 g/mol. The van der Waals surface area contributed by atoms with E-state index in [4.69, 9.17) is 9.05 Å². The fourth-order valence-electron chi connectivity index (χ4n) is 5.07. The average molecular weight is 268 g/mol. The van der Waals surface area contributed by atoms with E-state index in [0.29, 0.717) is 11.8 Å². The summed E-state index contributed by atoms with van der Waals surface area (Å²) in [5.41, 5.74) is 0.968. The molecule has 4 aliphatic carbocycles. The van der Waals surface area contributed by atoms with Crippen LogP contribution in [0.4, 0.5) is 0 Å². The SMILES string of the molecule is COP1(=O)OC(C)(C)C2=C1C1CCC2C2CCC12. The van der Waals surface area contributed by atoms with E-state index in [1.807, 2.05) is 0 Å². The summed E-state index contributed by atoms with van der Waals surface area (Å²) in [5.74, 6) is 2.71. The molecule has 2 saturated carbocycles. The van der Waals surface area contributed by atoms with Gasteiger partial charge in [-0.2, -0.15) is 0 Å². The molecule has 5 aliphatic rings. The molecule has 0 aromatic heterocycles. The van der Waals surface area contributed by atoms with Gasteiger partial charge in [0.1, 0.15) is 0 Å². The molecule has 5 atom stereocenters. The van der Waals surface area contributed by atoms with Crippen LogP contribution in [-0.2, 0) is 13.6 Å². The molecule has 100 valence electrons. The van der Waals surface area contributed by atoms with Crippen molar-refractivity contribution in [3.05, 3.63) is 10.9 Å². The molecule has 0 radical (unpaired) electrons. The van der Waals surface area contributed by atoms with Crippen molar-refractivity contribution in [2.24, 2.45) is 23.7 Å². The molecule has 0 spiro atoms. The van der Waals surface area contributed by atoms with Crippen molar-refractivity contribution in [2.75, 3.05) is 7.11 Å². The summed E-state index contributed by atoms with van der Waals surface area (Å²) in [6.45, 7) is 4.13. The fourth-order valence-corrected chi connectivity index (χ4v) is 7.59. The van der Waals surface area contributed by atoms with Gasteiger partial charge in [0.2, 0.25) is 0 Å². The van der Waals surface area contributed by atoms with E-state index in [1.54, 1.807) is 0 Å². The monoisotopic (exact) mass is 268 g/mol. The molecule has 5 unspecified atom stereocenters. The standard InChI is InChI=1S/C14H21O3P/c1-14(2)12-10-6-7-11(9-5-4-8(9)10)13(12)18(15,16-3)17-14/h8-11H,4-7H2,1-3H3. The third-order valence-corrected chi connectivity index (χ3v) is 8.08. The highest BCUT2D eigenvalue weighted by Gasteiger charge is 2.63. The first-order valence-corrected chi connectivity index (χ1v) is 8.64. The minimum Gasteiger partial charge on any atom is -0.309 e. The van der Waals surface area contributed by atoms with E-state index in [-0.39, 0.29) is 5.60 Å². The Bertz CT molecular complexity index is 493. The maximum atomic E-state index is 12.9. The highest BCUT2D eigenvalue weighted by Crippen LogP contribution is 2.77. The van der Waals surface area contributed by atoms with Gasteiger partial charge in [-0.1, -0.05) is 0 Å². The highest BCUT2D eigenvalue weighted by molar-refractivity contribution is 7.58. The zero-order valence-electron chi connectivity index (χ0n) is 11.3. The Morgan fingerprint density at radius 1 is 1.17 bits per heavy atom. The summed E-state index contributed by atoms with van der Waals surface area (Å²) in [6, 6.07) is 0. The lowest BCUT2D eigenvalue weighted by Crippen LogP contribution is -2.49. The van der Waals surface area contributed by atoms with Crippen LogP contribution < -0.4 is 0 Å². The largest absolute Gasteiger partial charge is 0.358 e. The van der Waals surface area contributed by atoms with Gasteiger partial charge in [-0.25, -0.2) is 0 Å². The predicted molar refractivity (Wildman–Crippen MR) is 69.2 cm³/mol. The zero-order chi connectivity index (χ0) is 12.7. The van der Waals surface area contributed by atoms with E-state index in [0.717, 1.165) is 17.2 Å². The zero-order valence-corrected chi connectivity index (χ0v) is 12.2. The van der Waals surface area contributed by atoms with Crippen LogP contribution in [-0.4, -0.2) is 12.7 Å². The van der Waals surface area contributed by atoms with Crippen molar-refractivity contribution in [1.29, 1.82) is 0 Å². The molecule has 2 fully saturated rings. The second-order valence-electron chi connectivity index (χ2n) is 6.78. The highest BCUT2D eigenvalue weighted by atomic mass is 31.2. The van der Waals surface area contributed by atoms with Crippen molar-refractivity contribution in [3.63, 3.8) is 0 Å². The maximum absolute atomic E-state index is 12.9. The van der Waals surface area contributed by atoms with Crippen LogP contribution in [0.15, 0.2) is 10.9 Å². The Kier molecular flexibility index (Phi) is 2.15. The van der Waals surface area contributed by atoms with Gasteiger partial charge in [-0.15, -0.1) is 0 Å². The molecule has 0 amide bonds. The van der Waals surface area contributed by atoms with Crippen LogP contribution in [0, 0.1) is 23.7 Å². The van der Waals surface area contributed by atoms with Gasteiger partial charge in [0.25, 0.3) is 0 Å². The summed E-state index contributed by atoms with van der Waals surface area (Å²) < 4.78 is 24.2. The third-order valence-electron chi connectivity index (χ3n) is 5.74. The van der Waals surface area contributed by atoms with Crippen molar-refractivity contribution >= 4 is 7.60 Å². The Hall–Kier alpha value is -0.110. The number of allylic oxidation sites excluding steroid dienone is 1. The number of rotatable bonds is 1. The molecule has 1 heterocycles. The first kappa shape index (κ1) is 11.7. The topological polar surface area (TPSA) is 35.5 Å². The summed E-state index contributed by atoms with van der Waals surface area (Å²) in [7, 11) is -1.46. The molecule has 5 rings (SSSR count). The maximum Gasteiger partial charge on any atom is 0.358 e. The average Bonchev–Trinajstić information content (AvgIpc) is 2.48. The normalized spacial score (nSPS) is 51.9. The molecule has 0 saturated heterocycles. The van der Waals surface area contributed by atoms with Crippen molar-refractivity contribution in [2.45, 2.75) is 45.1 Å². The summed E-state index contributed by atoms with van der Waals surface area (Å²) in [4.78, 5) is 0. The minimum absolute atomic E-state index is 0.384. The van der Waals surface area contributed by atoms with E-state index in [1.165, 1.54) is 38.4 Å². The Morgan fingerprint density at radius 3 is 2.39 bits per heavy atom. The molecule has 0 aromatic carbocycles. The minimum atomic E-state index is -3.00. The Morgan fingerprint density at radius 2 is 1.78 bits per heavy atom. The molecule has 3 nitrogen and oxygen atoms in total. The van der Waals surface area contributed by atoms with Gasteiger partial charge in [0.05, 0.1) is 5.60 Å². The molecule has 4 heteroatoms. The number of fused-ring (bicyclic) bond motifs is 1. The predicted octanol–water partition coefficient (Wildman–Crippen LogP) is 3.95. The van der Waals surface area contributed by atoms with E-state index < -0.39 is 7.60 Å². The van der Waals surface area contributed by atoms with Crippen LogP contribution in [0.2, 0.25) is 0 Å². The lowest BCUT2D eigenvalue weighted by Gasteiger charge is -2.56. The third kappa shape index (κ3) is 1.17. The molecule has 1 aliphatic heterocycles. The van der Waals surface area contributed by atoms with Crippen LogP contribution >= 0.6 is 7.60 Å². The van der Waals surface area contributed by atoms with Gasteiger partial charge in [0, 0.05) is 12.4 Å². The molecule has 18 heavy (non-hydrogen) atoms. The lowest BCUT2D eigenvalue weighted by molar-refractivity contribution is 0.00498. The van der Waals surface area contributed by atoms with Crippen molar-refractivity contribution in [1.82, 2.24) is 0 Å². The second-order valence-corrected chi connectivity index (χ2v) is 8.80. The summed E-state index contributed by atoms with van der Waals surface area (Å²) in [5, 5.41) is 1.09. The molecule has 2 bridgehead atoms. The van der Waals surface area contributed by atoms with Crippen molar-refractivity contribution in [3.8, 4) is 0 Å². The van der Waals surface area contributed by atoms with Crippen LogP contribution in [0.25, 0.3) is 0 Å². The molecule has 0 N–H and O–H groups in total. The van der Waals surface area contributed by atoms with E-state index in [9.17, 15) is 4.57 Å². The Balaban J connectivity index is 1.92. The van der Waals surface area contributed by atoms with Crippen molar-refractivity contribution < 1.29 is 13.6 Å². The number of hydrogen-bond acceptors (Lipinski definition) is 3. The van der Waals surface area contributed by atoms with Gasteiger partial charge in [-0.05, 0) is 68.8 Å². The Labute approximate surface area is 108 Å². The second kappa shape index (κ2) is 3.31. The molecule has 0 aromatic rings. The van der Waals surface area contributed by atoms with Crippen LogP contribution in [0.3, 0.4) is 0 Å². The quantitative estimate of drug-likeness (QED) is 0.675.